The molecule has 1 fully saturated rings. The minimum atomic E-state index is -3.85. The third kappa shape index (κ3) is 5.77. The molecule has 0 saturated carbocycles. The predicted octanol–water partition coefficient (Wildman–Crippen LogP) is 2.61. The first-order valence-electron chi connectivity index (χ1n) is 10.6. The van der Waals surface area contributed by atoms with Crippen LogP contribution >= 0.6 is 22.6 Å². The number of nitrogens with one attached hydrogen (secondary N) is 1. The molecule has 4 rings (SSSR count). The Morgan fingerprint density at radius 1 is 1.31 bits per heavy atom. The average Bonchev–Trinajstić information content (AvgIpc) is 3.26. The highest BCUT2D eigenvalue weighted by Gasteiger charge is 2.33. The van der Waals surface area contributed by atoms with E-state index < -0.39 is 33.7 Å². The molecule has 10 nitrogen and oxygen atoms in total. The van der Waals surface area contributed by atoms with Crippen LogP contribution in [0.1, 0.15) is 10.4 Å². The Morgan fingerprint density at radius 3 is 2.75 bits per heavy atom. The van der Waals surface area contributed by atoms with E-state index in [1.165, 1.54) is 33.5 Å². The highest BCUT2D eigenvalue weighted by atomic mass is 127. The van der Waals surface area contributed by atoms with Crippen molar-refractivity contribution in [3.63, 3.8) is 0 Å². The summed E-state index contributed by atoms with van der Waals surface area (Å²) in [5, 5.41) is 2.60. The van der Waals surface area contributed by atoms with Crippen molar-refractivity contribution in [1.29, 1.82) is 0 Å². The van der Waals surface area contributed by atoms with Crippen molar-refractivity contribution in [2.75, 3.05) is 31.6 Å². The van der Waals surface area contributed by atoms with Crippen molar-refractivity contribution in [2.24, 2.45) is 12.8 Å². The number of morpholine rings is 1. The van der Waals surface area contributed by atoms with Crippen LogP contribution in [0.15, 0.2) is 47.9 Å². The number of rotatable bonds is 8. The summed E-state index contributed by atoms with van der Waals surface area (Å²) in [6.45, 7) is -0.0171. The van der Waals surface area contributed by atoms with Crippen molar-refractivity contribution in [3.8, 4) is 5.75 Å². The summed E-state index contributed by atoms with van der Waals surface area (Å²) in [5.41, 5.74) is 5.27. The number of anilines is 2. The minimum Gasteiger partial charge on any atom is -0.490 e. The second kappa shape index (κ2) is 10.7. The number of sulfonamides is 1. The molecule has 14 heteroatoms. The number of hydrogen-bond donors (Lipinski definition) is 2. The van der Waals surface area contributed by atoms with Gasteiger partial charge in [0, 0.05) is 36.0 Å². The van der Waals surface area contributed by atoms with Gasteiger partial charge in [-0.05, 0) is 46.9 Å². The number of hydrogen-bond acceptors (Lipinski definition) is 7. The minimum absolute atomic E-state index is 0.0143. The summed E-state index contributed by atoms with van der Waals surface area (Å²) in [6.07, 6.45) is 2.07. The van der Waals surface area contributed by atoms with Gasteiger partial charge in [0.25, 0.3) is 15.9 Å². The maximum absolute atomic E-state index is 14.4. The number of carbonyl (C=O) groups excluding carboxylic acids is 1. The van der Waals surface area contributed by atoms with Gasteiger partial charge in [-0.3, -0.25) is 4.79 Å². The zero-order valence-electron chi connectivity index (χ0n) is 18.9. The van der Waals surface area contributed by atoms with E-state index in [2.05, 4.69) is 10.3 Å². The Morgan fingerprint density at radius 2 is 2.08 bits per heavy atom. The van der Waals surface area contributed by atoms with Gasteiger partial charge in [-0.15, -0.1) is 0 Å². The molecule has 3 N–H and O–H groups in total. The van der Waals surface area contributed by atoms with Gasteiger partial charge in [-0.1, -0.05) is 0 Å². The Balaban J connectivity index is 1.53. The molecule has 1 saturated heterocycles. The summed E-state index contributed by atoms with van der Waals surface area (Å²) in [7, 11) is -2.19. The van der Waals surface area contributed by atoms with E-state index in [0.29, 0.717) is 3.57 Å². The van der Waals surface area contributed by atoms with E-state index in [0.717, 1.165) is 12.1 Å². The van der Waals surface area contributed by atoms with Crippen molar-refractivity contribution < 1.29 is 31.5 Å². The number of halogens is 3. The molecular weight excluding hydrogens is 611 g/mol. The fraction of sp³-hybridized carbons (Fsp3) is 0.273. The van der Waals surface area contributed by atoms with Gasteiger partial charge in [0.2, 0.25) is 0 Å². The molecule has 0 bridgehead atoms. The standard InChI is InChI=1S/C22H22F2IN5O5S/c1-29-10-20(27-12-29)36(32,33)30-4-5-34-15(9-30)11-35-19-7-13(23)6-18(21(19)22(26)31)28-17-3-2-14(25)8-16(17)24/h2-3,6-8,10,12,15,28H,4-5,9,11H2,1H3,(H2,26,31). The molecule has 1 aliphatic heterocycles. The van der Waals surface area contributed by atoms with Crippen LogP contribution in [-0.2, 0) is 21.8 Å². The van der Waals surface area contributed by atoms with E-state index in [-0.39, 0.29) is 54.0 Å². The maximum Gasteiger partial charge on any atom is 0.262 e. The number of benzene rings is 2. The SMILES string of the molecule is Cn1cnc(S(=O)(=O)N2CCOC(COc3cc(F)cc(Nc4ccc(I)cc4F)c3C(N)=O)C2)c1. The number of amides is 1. The molecule has 1 amide bonds. The molecule has 1 unspecified atom stereocenters. The Kier molecular flexibility index (Phi) is 7.77. The number of nitrogens with zero attached hydrogens (tertiary/aromatic N) is 3. The molecule has 3 aromatic rings. The predicted molar refractivity (Wildman–Crippen MR) is 135 cm³/mol. The monoisotopic (exact) mass is 633 g/mol. The number of ether oxygens (including phenoxy) is 2. The van der Waals surface area contributed by atoms with Crippen LogP contribution < -0.4 is 15.8 Å². The maximum atomic E-state index is 14.4. The lowest BCUT2D eigenvalue weighted by Crippen LogP contribution is -2.47. The Labute approximate surface area is 219 Å². The topological polar surface area (TPSA) is 129 Å². The second-order valence-electron chi connectivity index (χ2n) is 7.98. The largest absolute Gasteiger partial charge is 0.490 e. The lowest BCUT2D eigenvalue weighted by Gasteiger charge is -2.31. The van der Waals surface area contributed by atoms with Crippen molar-refractivity contribution in [1.82, 2.24) is 13.9 Å². The van der Waals surface area contributed by atoms with Crippen molar-refractivity contribution >= 4 is 49.9 Å². The van der Waals surface area contributed by atoms with E-state index in [9.17, 15) is 22.0 Å². The van der Waals surface area contributed by atoms with Gasteiger partial charge < -0.3 is 25.1 Å². The summed E-state index contributed by atoms with van der Waals surface area (Å²) in [5.74, 6) is -2.48. The van der Waals surface area contributed by atoms with Gasteiger partial charge in [0.1, 0.15) is 35.7 Å². The lowest BCUT2D eigenvalue weighted by molar-refractivity contribution is -0.0251. The van der Waals surface area contributed by atoms with Crippen LogP contribution in [0, 0.1) is 15.2 Å². The van der Waals surface area contributed by atoms with Crippen LogP contribution in [-0.4, -0.2) is 60.6 Å². The zero-order valence-corrected chi connectivity index (χ0v) is 21.9. The summed E-state index contributed by atoms with van der Waals surface area (Å²) >= 11 is 1.94. The normalized spacial score (nSPS) is 16.6. The molecule has 1 atom stereocenters. The molecule has 192 valence electrons. The smallest absolute Gasteiger partial charge is 0.262 e. The number of imidazole rings is 1. The molecular formula is C22H22F2IN5O5S. The fourth-order valence-electron chi connectivity index (χ4n) is 3.63. The van der Waals surface area contributed by atoms with Crippen LogP contribution in [0.25, 0.3) is 0 Å². The van der Waals surface area contributed by atoms with Crippen molar-refractivity contribution in [3.05, 3.63) is 63.6 Å². The van der Waals surface area contributed by atoms with Crippen LogP contribution in [0.4, 0.5) is 20.2 Å². The van der Waals surface area contributed by atoms with Gasteiger partial charge in [-0.25, -0.2) is 22.2 Å². The number of carbonyl (C=O) groups is 1. The number of primary amides is 1. The Hall–Kier alpha value is -2.82. The van der Waals surface area contributed by atoms with Gasteiger partial charge >= 0.3 is 0 Å². The van der Waals surface area contributed by atoms with Gasteiger partial charge in [0.05, 0.1) is 24.3 Å². The number of aromatic nitrogens is 2. The Bertz CT molecular complexity index is 1400. The summed E-state index contributed by atoms with van der Waals surface area (Å²) < 4.78 is 69.2. The first kappa shape index (κ1) is 26.2. The number of aryl methyl sites for hydroxylation is 1. The van der Waals surface area contributed by atoms with Gasteiger partial charge in [-0.2, -0.15) is 4.31 Å². The first-order valence-corrected chi connectivity index (χ1v) is 13.1. The van der Waals surface area contributed by atoms with E-state index in [4.69, 9.17) is 15.2 Å². The van der Waals surface area contributed by atoms with Crippen LogP contribution in [0.5, 0.6) is 5.75 Å². The highest BCUT2D eigenvalue weighted by molar-refractivity contribution is 14.1. The van der Waals surface area contributed by atoms with E-state index in [1.54, 1.807) is 13.1 Å². The molecule has 36 heavy (non-hydrogen) atoms. The third-order valence-corrected chi connectivity index (χ3v) is 7.75. The van der Waals surface area contributed by atoms with Crippen LogP contribution in [0.2, 0.25) is 0 Å². The highest BCUT2D eigenvalue weighted by Crippen LogP contribution is 2.32. The molecule has 0 spiro atoms. The second-order valence-corrected chi connectivity index (χ2v) is 11.1. The van der Waals surface area contributed by atoms with E-state index >= 15 is 0 Å². The molecule has 0 radical (unpaired) electrons. The zero-order chi connectivity index (χ0) is 26.0. The summed E-state index contributed by atoms with van der Waals surface area (Å²) in [4.78, 5) is 16.1. The van der Waals surface area contributed by atoms with Crippen molar-refractivity contribution in [2.45, 2.75) is 11.1 Å². The quantitative estimate of drug-likeness (QED) is 0.365. The molecule has 2 aromatic carbocycles. The molecule has 1 aromatic heterocycles. The van der Waals surface area contributed by atoms with E-state index in [1.807, 2.05) is 22.6 Å². The van der Waals surface area contributed by atoms with Crippen LogP contribution in [0.3, 0.4) is 0 Å². The molecule has 0 aliphatic carbocycles. The molecule has 1 aliphatic rings. The lowest BCUT2D eigenvalue weighted by atomic mass is 10.1. The first-order chi connectivity index (χ1) is 17.0. The summed E-state index contributed by atoms with van der Waals surface area (Å²) in [6, 6.07) is 6.33. The third-order valence-electron chi connectivity index (χ3n) is 5.33. The number of nitrogens with two attached hydrogens (primary N) is 1. The fourth-order valence-corrected chi connectivity index (χ4v) is 5.51. The molecule has 2 heterocycles. The average molecular weight is 633 g/mol. The van der Waals surface area contributed by atoms with Gasteiger partial charge in [0.15, 0.2) is 5.03 Å².